The molecule has 7 aromatic rings. The summed E-state index contributed by atoms with van der Waals surface area (Å²) < 4.78 is 2.40. The van der Waals surface area contributed by atoms with Crippen molar-refractivity contribution in [3.63, 3.8) is 0 Å². The summed E-state index contributed by atoms with van der Waals surface area (Å²) in [6.07, 6.45) is 8.47. The summed E-state index contributed by atoms with van der Waals surface area (Å²) in [4.78, 5) is 8.64. The Morgan fingerprint density at radius 1 is 0.780 bits per heavy atom. The monoisotopic (exact) mass is 710 g/mol. The van der Waals surface area contributed by atoms with Crippen LogP contribution in [0.15, 0.2) is 116 Å². The van der Waals surface area contributed by atoms with Crippen molar-refractivity contribution in [1.29, 1.82) is 0 Å². The summed E-state index contributed by atoms with van der Waals surface area (Å²) in [6.45, 7) is 5.45. The average molecular weight is 710 g/mol. The van der Waals surface area contributed by atoms with E-state index in [-0.39, 0.29) is 20.1 Å². The maximum Gasteiger partial charge on any atom is 3.00 e. The number of para-hydroxylation sites is 2. The van der Waals surface area contributed by atoms with Crippen LogP contribution in [0.25, 0.3) is 49.4 Å². The molecule has 0 aliphatic carbocycles. The standard InChI is InChI=1S/C25H21N3.C11H8N.Ir/c1-2-3-13-26-14-15-27(17-26)18-11-12-24-22(16-18)21-9-6-8-20-19-7-4-5-10-23(19)28(24)25(20)21;1-2-6-10(7-3-1)11-8-4-5-9-12-11;/h4-10,12,14-17H,2-3,13H2,1H3;1-6,8-9H;/q-2;-1;+3. The van der Waals surface area contributed by atoms with Gasteiger partial charge in [-0.25, -0.2) is 0 Å². The number of anilines is 1. The molecule has 0 atom stereocenters. The second-order valence-electron chi connectivity index (χ2n) is 10.1. The van der Waals surface area contributed by atoms with Crippen LogP contribution >= 0.6 is 0 Å². The predicted octanol–water partition coefficient (Wildman–Crippen LogP) is 8.70. The molecule has 0 spiro atoms. The van der Waals surface area contributed by atoms with Crippen molar-refractivity contribution in [2.75, 3.05) is 11.4 Å². The van der Waals surface area contributed by atoms with E-state index in [4.69, 9.17) is 0 Å². The summed E-state index contributed by atoms with van der Waals surface area (Å²) >= 11 is 0. The van der Waals surface area contributed by atoms with E-state index in [1.165, 1.54) is 50.9 Å². The zero-order chi connectivity index (χ0) is 26.9. The van der Waals surface area contributed by atoms with Gasteiger partial charge in [0.1, 0.15) is 0 Å². The molecular weight excluding hydrogens is 681 g/mol. The third kappa shape index (κ3) is 4.97. The molecule has 0 unspecified atom stereocenters. The summed E-state index contributed by atoms with van der Waals surface area (Å²) in [5, 5.41) is 5.24. The number of rotatable bonds is 5. The van der Waals surface area contributed by atoms with Crippen molar-refractivity contribution in [2.45, 2.75) is 19.8 Å². The van der Waals surface area contributed by atoms with Crippen LogP contribution in [-0.2, 0) is 20.1 Å². The minimum atomic E-state index is 0. The number of unbranched alkanes of at least 4 members (excludes halogenated alkanes) is 1. The zero-order valence-corrected chi connectivity index (χ0v) is 25.2. The van der Waals surface area contributed by atoms with Crippen LogP contribution in [0, 0.1) is 18.8 Å². The Morgan fingerprint density at radius 2 is 1.59 bits per heavy atom. The third-order valence-corrected chi connectivity index (χ3v) is 7.53. The Hall–Kier alpha value is -4.18. The van der Waals surface area contributed by atoms with Gasteiger partial charge in [-0.15, -0.1) is 53.0 Å². The van der Waals surface area contributed by atoms with E-state index in [1.807, 2.05) is 42.5 Å². The molecule has 0 saturated carbocycles. The fourth-order valence-electron chi connectivity index (χ4n) is 5.59. The molecule has 5 heteroatoms. The van der Waals surface area contributed by atoms with Crippen LogP contribution in [0.2, 0.25) is 0 Å². The van der Waals surface area contributed by atoms with Crippen molar-refractivity contribution < 1.29 is 20.1 Å². The molecule has 202 valence electrons. The molecule has 4 aromatic carbocycles. The maximum absolute atomic E-state index is 4.22. The number of benzene rings is 4. The number of aromatic nitrogens is 2. The van der Waals surface area contributed by atoms with Crippen LogP contribution in [0.4, 0.5) is 5.69 Å². The van der Waals surface area contributed by atoms with Crippen molar-refractivity contribution in [3.05, 3.63) is 134 Å². The summed E-state index contributed by atoms with van der Waals surface area (Å²) in [5.41, 5.74) is 6.90. The zero-order valence-electron chi connectivity index (χ0n) is 22.8. The SMILES string of the molecule is CCCCN1C=CN(c2[c-]cc3c(c2)c2cccc4c5ccccc5n3c24)[CH-]1.[Ir+3].[c-]1ccccc1-c1ccccn1. The fraction of sp³-hybridized carbons (Fsp3) is 0.111. The van der Waals surface area contributed by atoms with Crippen molar-refractivity contribution in [3.8, 4) is 11.3 Å². The molecular formula is C36H29IrN4. The largest absolute Gasteiger partial charge is 3.00 e. The Balaban J connectivity index is 0.000000196. The minimum Gasteiger partial charge on any atom is -0.508 e. The minimum absolute atomic E-state index is 0. The Labute approximate surface area is 254 Å². The van der Waals surface area contributed by atoms with Gasteiger partial charge in [-0.05, 0) is 48.6 Å². The molecule has 0 bridgehead atoms. The Morgan fingerprint density at radius 3 is 2.39 bits per heavy atom. The van der Waals surface area contributed by atoms with Crippen LogP contribution in [-0.4, -0.2) is 20.8 Å². The third-order valence-electron chi connectivity index (χ3n) is 7.53. The normalized spacial score (nSPS) is 12.8. The number of fused-ring (bicyclic) bond motifs is 6. The van der Waals surface area contributed by atoms with E-state index in [0.29, 0.717) is 0 Å². The van der Waals surface area contributed by atoms with E-state index in [2.05, 4.69) is 112 Å². The van der Waals surface area contributed by atoms with Gasteiger partial charge in [0.25, 0.3) is 0 Å². The van der Waals surface area contributed by atoms with Gasteiger partial charge in [0.2, 0.25) is 0 Å². The smallest absolute Gasteiger partial charge is 0.508 e. The van der Waals surface area contributed by atoms with Gasteiger partial charge in [-0.2, -0.15) is 18.8 Å². The molecule has 0 fully saturated rings. The number of pyridine rings is 1. The second kappa shape index (κ2) is 11.7. The first kappa shape index (κ1) is 27.0. The molecule has 4 heterocycles. The number of nitrogens with zero attached hydrogens (tertiary/aromatic N) is 4. The van der Waals surface area contributed by atoms with Crippen molar-refractivity contribution >= 4 is 43.8 Å². The van der Waals surface area contributed by atoms with Crippen LogP contribution in [0.3, 0.4) is 0 Å². The molecule has 1 aliphatic heterocycles. The average Bonchev–Trinajstić information content (AvgIpc) is 3.73. The molecule has 41 heavy (non-hydrogen) atoms. The van der Waals surface area contributed by atoms with Crippen molar-refractivity contribution in [1.82, 2.24) is 14.3 Å². The van der Waals surface area contributed by atoms with Gasteiger partial charge in [-0.1, -0.05) is 67.4 Å². The first-order chi connectivity index (χ1) is 19.8. The molecule has 0 amide bonds. The summed E-state index contributed by atoms with van der Waals surface area (Å²) in [6, 6.07) is 40.1. The van der Waals surface area contributed by atoms with Gasteiger partial charge in [0.05, 0.1) is 0 Å². The van der Waals surface area contributed by atoms with Crippen LogP contribution < -0.4 is 4.90 Å². The first-order valence-electron chi connectivity index (χ1n) is 13.9. The molecule has 1 aliphatic rings. The molecule has 8 rings (SSSR count). The van der Waals surface area contributed by atoms with E-state index in [1.54, 1.807) is 6.20 Å². The Kier molecular flexibility index (Phi) is 7.73. The molecule has 0 saturated heterocycles. The fourth-order valence-corrected chi connectivity index (χ4v) is 5.59. The van der Waals surface area contributed by atoms with Gasteiger partial charge in [0.15, 0.2) is 0 Å². The molecule has 4 nitrogen and oxygen atoms in total. The number of hydrogen-bond donors (Lipinski definition) is 0. The molecule has 0 radical (unpaired) electrons. The predicted molar refractivity (Wildman–Crippen MR) is 166 cm³/mol. The molecule has 0 N–H and O–H groups in total. The van der Waals surface area contributed by atoms with Gasteiger partial charge >= 0.3 is 20.1 Å². The van der Waals surface area contributed by atoms with E-state index in [9.17, 15) is 0 Å². The van der Waals surface area contributed by atoms with Gasteiger partial charge in [0, 0.05) is 28.0 Å². The van der Waals surface area contributed by atoms with Gasteiger partial charge in [-0.3, -0.25) is 0 Å². The second-order valence-corrected chi connectivity index (χ2v) is 10.1. The van der Waals surface area contributed by atoms with Gasteiger partial charge < -0.3 is 19.2 Å². The van der Waals surface area contributed by atoms with E-state index < -0.39 is 0 Å². The van der Waals surface area contributed by atoms with Crippen molar-refractivity contribution in [2.24, 2.45) is 0 Å². The summed E-state index contributed by atoms with van der Waals surface area (Å²) in [7, 11) is 0. The number of hydrogen-bond acceptors (Lipinski definition) is 3. The maximum atomic E-state index is 4.22. The van der Waals surface area contributed by atoms with E-state index in [0.717, 1.165) is 23.5 Å². The quantitative estimate of drug-likeness (QED) is 0.167. The van der Waals surface area contributed by atoms with Crippen LogP contribution in [0.5, 0.6) is 0 Å². The topological polar surface area (TPSA) is 23.8 Å². The Bertz CT molecular complexity index is 1890. The first-order valence-corrected chi connectivity index (χ1v) is 13.9. The van der Waals surface area contributed by atoms with E-state index >= 15 is 0 Å². The summed E-state index contributed by atoms with van der Waals surface area (Å²) in [5.74, 6) is 0. The van der Waals surface area contributed by atoms with Crippen LogP contribution in [0.1, 0.15) is 19.8 Å². The molecule has 3 aromatic heterocycles.